The van der Waals surface area contributed by atoms with Gasteiger partial charge in [0.2, 0.25) is 0 Å². The van der Waals surface area contributed by atoms with Gasteiger partial charge >= 0.3 is 0 Å². The molecule has 0 N–H and O–H groups in total. The summed E-state index contributed by atoms with van der Waals surface area (Å²) in [7, 11) is 4.35. The van der Waals surface area contributed by atoms with Crippen molar-refractivity contribution >= 4 is 14.7 Å². The lowest BCUT2D eigenvalue weighted by Gasteiger charge is -2.01. The molecule has 1 nitrogen and oxygen atoms in total. The van der Waals surface area contributed by atoms with Crippen molar-refractivity contribution in [1.82, 2.24) is 0 Å². The molecule has 2 heteroatoms. The summed E-state index contributed by atoms with van der Waals surface area (Å²) in [4.78, 5) is 0. The minimum absolute atomic E-state index is 0.824. The van der Waals surface area contributed by atoms with Crippen LogP contribution < -0.4 is 5.50 Å². The van der Waals surface area contributed by atoms with E-state index in [2.05, 4.69) is 23.1 Å². The van der Waals surface area contributed by atoms with Crippen molar-refractivity contribution in [1.29, 1.82) is 0 Å². The van der Waals surface area contributed by atoms with Gasteiger partial charge < -0.3 is 4.42 Å². The molecule has 1 rings (SSSR count). The Morgan fingerprint density at radius 2 is 1.79 bits per heavy atom. The Bertz CT molecular complexity index is 265. The lowest BCUT2D eigenvalue weighted by Crippen LogP contribution is -1.99. The van der Waals surface area contributed by atoms with Crippen LogP contribution in [0.25, 0.3) is 0 Å². The van der Waals surface area contributed by atoms with E-state index in [4.69, 9.17) is 4.42 Å². The summed E-state index contributed by atoms with van der Waals surface area (Å²) >= 11 is 0. The largest absolute Gasteiger partial charge is 0.463 e. The lowest BCUT2D eigenvalue weighted by atomic mass is 10.0. The van der Waals surface area contributed by atoms with Crippen LogP contribution in [0.15, 0.2) is 10.7 Å². The number of furan rings is 1. The summed E-state index contributed by atoms with van der Waals surface area (Å²) in [5.74, 6) is 0. The molecule has 0 spiro atoms. The first-order valence-corrected chi connectivity index (χ1v) is 6.02. The van der Waals surface area contributed by atoms with Crippen molar-refractivity contribution in [2.75, 3.05) is 0 Å². The summed E-state index contributed by atoms with van der Waals surface area (Å²) in [5.41, 5.74) is 3.53. The third kappa shape index (κ3) is 3.13. The molecule has 78 valence electrons. The first-order chi connectivity index (χ1) is 6.79. The second-order valence-electron chi connectivity index (χ2n) is 3.75. The first-order valence-electron chi connectivity index (χ1n) is 5.57. The van der Waals surface area contributed by atoms with Gasteiger partial charge in [-0.25, -0.2) is 0 Å². The molecule has 0 amide bonds. The number of hydrogen-bond acceptors (Lipinski definition) is 1. The van der Waals surface area contributed by atoms with Gasteiger partial charge in [0.1, 0.15) is 5.50 Å². The Hall–Kier alpha value is -0.290. The smallest absolute Gasteiger partial charge is 0.139 e. The van der Waals surface area contributed by atoms with Crippen LogP contribution >= 0.6 is 9.24 Å². The molecule has 0 saturated heterocycles. The topological polar surface area (TPSA) is 13.1 Å². The lowest BCUT2D eigenvalue weighted by molar-refractivity contribution is 0.596. The molecule has 0 aromatic carbocycles. The molecular weight excluding hydrogens is 191 g/mol. The summed E-state index contributed by atoms with van der Waals surface area (Å²) in [6, 6.07) is 0. The van der Waals surface area contributed by atoms with E-state index in [9.17, 15) is 0 Å². The van der Waals surface area contributed by atoms with Gasteiger partial charge in [0.25, 0.3) is 0 Å². The highest BCUT2D eigenvalue weighted by Crippen LogP contribution is 2.16. The van der Waals surface area contributed by atoms with Crippen LogP contribution in [0, 0.1) is 0 Å². The molecule has 14 heavy (non-hydrogen) atoms. The van der Waals surface area contributed by atoms with E-state index in [0.29, 0.717) is 0 Å². The summed E-state index contributed by atoms with van der Waals surface area (Å²) < 4.78 is 5.35. The van der Waals surface area contributed by atoms with Crippen molar-refractivity contribution < 1.29 is 4.42 Å². The number of aryl methyl sites for hydroxylation is 1. The minimum atomic E-state index is 0.824. The van der Waals surface area contributed by atoms with Gasteiger partial charge in [-0.2, -0.15) is 0 Å². The average molecular weight is 210 g/mol. The molecule has 0 aliphatic carbocycles. The van der Waals surface area contributed by atoms with E-state index >= 15 is 0 Å². The molecule has 1 aromatic rings. The third-order valence-electron chi connectivity index (χ3n) is 2.54. The van der Waals surface area contributed by atoms with Crippen molar-refractivity contribution in [2.24, 2.45) is 0 Å². The van der Waals surface area contributed by atoms with Gasteiger partial charge in [-0.05, 0) is 31.2 Å². The molecule has 0 unspecified atom stereocenters. The Morgan fingerprint density at radius 3 is 2.43 bits per heavy atom. The van der Waals surface area contributed by atoms with Crippen molar-refractivity contribution in [3.63, 3.8) is 0 Å². The molecule has 0 aliphatic heterocycles. The zero-order chi connectivity index (χ0) is 10.4. The second kappa shape index (κ2) is 6.24. The van der Waals surface area contributed by atoms with Crippen molar-refractivity contribution in [3.05, 3.63) is 17.4 Å². The maximum atomic E-state index is 5.35. The maximum Gasteiger partial charge on any atom is 0.139 e. The van der Waals surface area contributed by atoms with Crippen LogP contribution in [0.4, 0.5) is 0 Å². The number of rotatable bonds is 6. The van der Waals surface area contributed by atoms with E-state index in [1.807, 2.05) is 6.26 Å². The van der Waals surface area contributed by atoms with Gasteiger partial charge in [-0.1, -0.05) is 26.7 Å². The van der Waals surface area contributed by atoms with Gasteiger partial charge in [0, 0.05) is 14.8 Å². The normalized spacial score (nSPS) is 10.8. The number of hydrogen-bond donors (Lipinski definition) is 0. The van der Waals surface area contributed by atoms with E-state index in [0.717, 1.165) is 18.3 Å². The highest BCUT2D eigenvalue weighted by Gasteiger charge is 2.09. The zero-order valence-corrected chi connectivity index (χ0v) is 10.1. The Labute approximate surface area is 89.5 Å². The van der Waals surface area contributed by atoms with Crippen LogP contribution in [0.5, 0.6) is 0 Å². The van der Waals surface area contributed by atoms with Gasteiger partial charge in [0.15, 0.2) is 0 Å². The molecule has 0 fully saturated rings. The van der Waals surface area contributed by atoms with E-state index in [1.54, 1.807) is 0 Å². The van der Waals surface area contributed by atoms with Crippen molar-refractivity contribution in [3.8, 4) is 0 Å². The van der Waals surface area contributed by atoms with Gasteiger partial charge in [-0.3, -0.25) is 0 Å². The van der Waals surface area contributed by atoms with E-state index in [-0.39, 0.29) is 0 Å². The Morgan fingerprint density at radius 1 is 1.14 bits per heavy atom. The highest BCUT2D eigenvalue weighted by molar-refractivity contribution is 7.26. The SMILES string of the molecule is CCCCc1coc([P])c1CCCC. The number of unbranched alkanes of at least 4 members (excludes halogenated alkanes) is 2. The summed E-state index contributed by atoms with van der Waals surface area (Å²) in [5, 5.41) is 0. The molecule has 0 atom stereocenters. The van der Waals surface area contributed by atoms with E-state index in [1.165, 1.54) is 36.8 Å². The van der Waals surface area contributed by atoms with Crippen LogP contribution in [0.2, 0.25) is 0 Å². The summed E-state index contributed by atoms with van der Waals surface area (Å²) in [6.07, 6.45) is 9.07. The van der Waals surface area contributed by atoms with Crippen LogP contribution in [-0.2, 0) is 12.8 Å². The molecule has 1 aromatic heterocycles. The third-order valence-corrected chi connectivity index (χ3v) is 2.91. The molecule has 0 aliphatic rings. The van der Waals surface area contributed by atoms with Crippen LogP contribution in [0.1, 0.15) is 50.7 Å². The molecule has 0 saturated carbocycles. The highest BCUT2D eigenvalue weighted by atomic mass is 31.0. The average Bonchev–Trinajstić information content (AvgIpc) is 2.53. The Balaban J connectivity index is 2.62. The Kier molecular flexibility index (Phi) is 5.25. The fraction of sp³-hybridized carbons (Fsp3) is 0.667. The van der Waals surface area contributed by atoms with Crippen LogP contribution in [-0.4, -0.2) is 0 Å². The zero-order valence-electron chi connectivity index (χ0n) is 9.18. The quantitative estimate of drug-likeness (QED) is 0.647. The first kappa shape index (κ1) is 11.8. The van der Waals surface area contributed by atoms with E-state index < -0.39 is 0 Å². The van der Waals surface area contributed by atoms with Gasteiger partial charge in [0.05, 0.1) is 6.26 Å². The molecule has 1 heterocycles. The molecule has 2 radical (unpaired) electrons. The minimum Gasteiger partial charge on any atom is -0.463 e. The van der Waals surface area contributed by atoms with Crippen molar-refractivity contribution in [2.45, 2.75) is 52.4 Å². The molecule has 0 bridgehead atoms. The fourth-order valence-electron chi connectivity index (χ4n) is 1.60. The van der Waals surface area contributed by atoms with Crippen LogP contribution in [0.3, 0.4) is 0 Å². The van der Waals surface area contributed by atoms with Gasteiger partial charge in [-0.15, -0.1) is 0 Å². The summed E-state index contributed by atoms with van der Waals surface area (Å²) in [6.45, 7) is 4.43. The maximum absolute atomic E-state index is 5.35. The molecular formula is C12H19OP. The monoisotopic (exact) mass is 210 g/mol. The predicted octanol–water partition coefficient (Wildman–Crippen LogP) is 4.00. The fourth-order valence-corrected chi connectivity index (χ4v) is 1.91. The second-order valence-corrected chi connectivity index (χ2v) is 4.16. The predicted molar refractivity (Wildman–Crippen MR) is 62.5 cm³/mol. The standard InChI is InChI=1S/C12H19OP/c1-3-5-7-10-9-13-12(14)11(10)8-6-4-2/h9H,3-8H2,1-2H3.